The lowest BCUT2D eigenvalue weighted by Crippen LogP contribution is -2.47. The van der Waals surface area contributed by atoms with E-state index < -0.39 is 11.9 Å². The third-order valence-electron chi connectivity index (χ3n) is 6.15. The molecular weight excluding hydrogens is 393 g/mol. The summed E-state index contributed by atoms with van der Waals surface area (Å²) < 4.78 is 44.1. The zero-order valence-electron chi connectivity index (χ0n) is 15.9. The molecule has 28 heavy (non-hydrogen) atoms. The lowest BCUT2D eigenvalue weighted by Gasteiger charge is -2.42. The number of hydrogen-bond acceptors (Lipinski definition) is 5. The summed E-state index contributed by atoms with van der Waals surface area (Å²) in [6, 6.07) is 0.819. The maximum Gasteiger partial charge on any atom is 0.434 e. The van der Waals surface area contributed by atoms with E-state index >= 15 is 0 Å². The molecule has 5 nitrogen and oxygen atoms in total. The molecule has 0 N–H and O–H groups in total. The number of nitrogens with zero attached hydrogens (tertiary/aromatic N) is 4. The van der Waals surface area contributed by atoms with Crippen LogP contribution in [0.5, 0.6) is 0 Å². The van der Waals surface area contributed by atoms with Gasteiger partial charge >= 0.3 is 6.18 Å². The summed E-state index contributed by atoms with van der Waals surface area (Å²) in [5.41, 5.74) is -0.947. The van der Waals surface area contributed by atoms with Crippen LogP contribution in [-0.4, -0.2) is 59.3 Å². The molecule has 0 radical (unpaired) electrons. The Morgan fingerprint density at radius 2 is 1.46 bits per heavy atom. The number of hydrogen-bond donors (Lipinski definition) is 0. The SMILES string of the molecule is Cl.FC(F)(F)c1cnc(N2CCC(OC3CCN(C4CCC4)CC3)CC2)cn1. The number of alkyl halides is 3. The Kier molecular flexibility index (Phi) is 7.04. The summed E-state index contributed by atoms with van der Waals surface area (Å²) in [5, 5.41) is 0. The van der Waals surface area contributed by atoms with E-state index in [-0.39, 0.29) is 18.5 Å². The molecule has 9 heteroatoms. The van der Waals surface area contributed by atoms with Gasteiger partial charge in [-0.05, 0) is 38.5 Å². The van der Waals surface area contributed by atoms with Crippen molar-refractivity contribution in [3.8, 4) is 0 Å². The first kappa shape index (κ1) is 21.6. The number of halogens is 4. The maximum absolute atomic E-state index is 12.6. The van der Waals surface area contributed by atoms with Crippen molar-refractivity contribution in [2.45, 2.75) is 69.4 Å². The van der Waals surface area contributed by atoms with Crippen LogP contribution in [0.1, 0.15) is 50.6 Å². The van der Waals surface area contributed by atoms with E-state index in [0.717, 1.165) is 64.1 Å². The molecule has 2 aliphatic heterocycles. The zero-order valence-corrected chi connectivity index (χ0v) is 16.7. The first-order valence-electron chi connectivity index (χ1n) is 10.0. The Balaban J connectivity index is 0.00000225. The molecule has 0 unspecified atom stereocenters. The van der Waals surface area contributed by atoms with Crippen molar-refractivity contribution in [2.75, 3.05) is 31.1 Å². The lowest BCUT2D eigenvalue weighted by molar-refractivity contribution is -0.141. The predicted molar refractivity (Wildman–Crippen MR) is 103 cm³/mol. The molecule has 2 saturated heterocycles. The number of rotatable bonds is 4. The van der Waals surface area contributed by atoms with Crippen molar-refractivity contribution < 1.29 is 17.9 Å². The van der Waals surface area contributed by atoms with Crippen LogP contribution in [-0.2, 0) is 10.9 Å². The molecule has 4 rings (SSSR count). The third kappa shape index (κ3) is 5.07. The van der Waals surface area contributed by atoms with Crippen LogP contribution < -0.4 is 4.90 Å². The quantitative estimate of drug-likeness (QED) is 0.738. The highest BCUT2D eigenvalue weighted by atomic mass is 35.5. The Bertz CT molecular complexity index is 611. The molecule has 1 aromatic rings. The molecule has 0 spiro atoms. The van der Waals surface area contributed by atoms with Crippen molar-refractivity contribution in [2.24, 2.45) is 0 Å². The summed E-state index contributed by atoms with van der Waals surface area (Å²) in [6.07, 6.45) is 6.26. The van der Waals surface area contributed by atoms with Crippen LogP contribution in [0.4, 0.5) is 19.0 Å². The Hall–Kier alpha value is -1.12. The standard InChI is InChI=1S/C19H27F3N4O.ClH/c20-19(21,22)17-12-24-18(13-23-17)26-10-6-16(7-11-26)27-15-4-8-25(9-5-15)14-2-1-3-14;/h12-16H,1-11H2;1H. The van der Waals surface area contributed by atoms with Crippen LogP contribution >= 0.6 is 12.4 Å². The summed E-state index contributed by atoms with van der Waals surface area (Å²) >= 11 is 0. The van der Waals surface area contributed by atoms with Gasteiger partial charge in [-0.15, -0.1) is 12.4 Å². The van der Waals surface area contributed by atoms with Crippen molar-refractivity contribution in [3.63, 3.8) is 0 Å². The van der Waals surface area contributed by atoms with Crippen LogP contribution in [0.3, 0.4) is 0 Å². The molecule has 1 saturated carbocycles. The lowest BCUT2D eigenvalue weighted by atomic mass is 9.89. The second-order valence-electron chi connectivity index (χ2n) is 7.90. The topological polar surface area (TPSA) is 41.5 Å². The highest BCUT2D eigenvalue weighted by Gasteiger charge is 2.34. The number of likely N-dealkylation sites (tertiary alicyclic amines) is 1. The van der Waals surface area contributed by atoms with Gasteiger partial charge in [-0.3, -0.25) is 0 Å². The van der Waals surface area contributed by atoms with E-state index in [9.17, 15) is 13.2 Å². The summed E-state index contributed by atoms with van der Waals surface area (Å²) in [5.74, 6) is 0.509. The molecule has 1 aromatic heterocycles. The fourth-order valence-electron chi connectivity index (χ4n) is 4.25. The highest BCUT2D eigenvalue weighted by molar-refractivity contribution is 5.85. The third-order valence-corrected chi connectivity index (χ3v) is 6.15. The van der Waals surface area contributed by atoms with Gasteiger partial charge in [-0.25, -0.2) is 9.97 Å². The van der Waals surface area contributed by atoms with Gasteiger partial charge in [0, 0.05) is 32.2 Å². The second kappa shape index (κ2) is 9.13. The molecule has 158 valence electrons. The van der Waals surface area contributed by atoms with Crippen LogP contribution in [0.15, 0.2) is 12.4 Å². The van der Waals surface area contributed by atoms with Crippen LogP contribution in [0, 0.1) is 0 Å². The fraction of sp³-hybridized carbons (Fsp3) is 0.789. The predicted octanol–water partition coefficient (Wildman–Crippen LogP) is 3.92. The zero-order chi connectivity index (χ0) is 18.9. The molecule has 0 bridgehead atoms. The molecule has 3 heterocycles. The Labute approximate surface area is 170 Å². The molecular formula is C19H28ClF3N4O. The van der Waals surface area contributed by atoms with E-state index in [2.05, 4.69) is 14.9 Å². The largest absolute Gasteiger partial charge is 0.434 e. The number of anilines is 1. The first-order chi connectivity index (χ1) is 13.0. The molecule has 0 atom stereocenters. The van der Waals surface area contributed by atoms with Gasteiger partial charge in [0.15, 0.2) is 5.69 Å². The molecule has 1 aliphatic carbocycles. The minimum atomic E-state index is -4.44. The van der Waals surface area contributed by atoms with Crippen LogP contribution in [0.25, 0.3) is 0 Å². The van der Waals surface area contributed by atoms with Gasteiger partial charge in [-0.1, -0.05) is 6.42 Å². The molecule has 3 fully saturated rings. The second-order valence-corrected chi connectivity index (χ2v) is 7.90. The minimum Gasteiger partial charge on any atom is -0.375 e. The van der Waals surface area contributed by atoms with Gasteiger partial charge < -0.3 is 14.5 Å². The summed E-state index contributed by atoms with van der Waals surface area (Å²) in [4.78, 5) is 12.1. The van der Waals surface area contributed by atoms with Gasteiger partial charge in [0.2, 0.25) is 0 Å². The van der Waals surface area contributed by atoms with Crippen molar-refractivity contribution in [1.82, 2.24) is 14.9 Å². The highest BCUT2D eigenvalue weighted by Crippen LogP contribution is 2.30. The van der Waals surface area contributed by atoms with Crippen molar-refractivity contribution >= 4 is 18.2 Å². The molecule has 3 aliphatic rings. The summed E-state index contributed by atoms with van der Waals surface area (Å²) in [7, 11) is 0. The van der Waals surface area contributed by atoms with E-state index in [0.29, 0.717) is 11.9 Å². The normalized spacial score (nSPS) is 23.3. The summed E-state index contributed by atoms with van der Waals surface area (Å²) in [6.45, 7) is 3.78. The van der Waals surface area contributed by atoms with Crippen molar-refractivity contribution in [1.29, 1.82) is 0 Å². The van der Waals surface area contributed by atoms with E-state index in [1.54, 1.807) is 0 Å². The number of piperidine rings is 2. The Morgan fingerprint density at radius 3 is 1.93 bits per heavy atom. The molecule has 0 amide bonds. The number of ether oxygens (including phenoxy) is 1. The van der Waals surface area contributed by atoms with Crippen LogP contribution in [0.2, 0.25) is 0 Å². The van der Waals surface area contributed by atoms with E-state index in [4.69, 9.17) is 4.74 Å². The average Bonchev–Trinajstić information content (AvgIpc) is 2.62. The van der Waals surface area contributed by atoms with Gasteiger partial charge in [0.1, 0.15) is 5.82 Å². The van der Waals surface area contributed by atoms with Gasteiger partial charge in [-0.2, -0.15) is 13.2 Å². The monoisotopic (exact) mass is 420 g/mol. The van der Waals surface area contributed by atoms with Gasteiger partial charge in [0.25, 0.3) is 0 Å². The van der Waals surface area contributed by atoms with E-state index in [1.165, 1.54) is 25.5 Å². The fourth-order valence-corrected chi connectivity index (χ4v) is 4.25. The number of aromatic nitrogens is 2. The van der Waals surface area contributed by atoms with Crippen molar-refractivity contribution in [3.05, 3.63) is 18.1 Å². The molecule has 0 aromatic carbocycles. The Morgan fingerprint density at radius 1 is 0.857 bits per heavy atom. The van der Waals surface area contributed by atoms with Gasteiger partial charge in [0.05, 0.1) is 24.6 Å². The maximum atomic E-state index is 12.6. The first-order valence-corrected chi connectivity index (χ1v) is 10.0. The smallest absolute Gasteiger partial charge is 0.375 e. The minimum absolute atomic E-state index is 0. The van der Waals surface area contributed by atoms with E-state index in [1.807, 2.05) is 4.90 Å². The average molecular weight is 421 g/mol.